The van der Waals surface area contributed by atoms with Crippen molar-refractivity contribution in [3.05, 3.63) is 41.2 Å². The van der Waals surface area contributed by atoms with Crippen molar-refractivity contribution >= 4 is 34.6 Å². The molecule has 8 nitrogen and oxygen atoms in total. The van der Waals surface area contributed by atoms with Gasteiger partial charge in [0.15, 0.2) is 11.2 Å². The number of nitrogen functional groups attached to an aromatic ring is 1. The van der Waals surface area contributed by atoms with Crippen molar-refractivity contribution in [3.8, 4) is 5.75 Å². The molecule has 0 spiro atoms. The van der Waals surface area contributed by atoms with Crippen LogP contribution < -0.4 is 10.5 Å². The topological polar surface area (TPSA) is 105 Å². The molecule has 2 N–H and O–H groups in total. The van der Waals surface area contributed by atoms with E-state index < -0.39 is 11.5 Å². The molecule has 0 saturated carbocycles. The summed E-state index contributed by atoms with van der Waals surface area (Å²) in [5.74, 6) is 0.132. The molecular formula is C16H16ClN5O3. The van der Waals surface area contributed by atoms with Gasteiger partial charge < -0.3 is 15.2 Å². The van der Waals surface area contributed by atoms with E-state index in [9.17, 15) is 4.79 Å². The van der Waals surface area contributed by atoms with E-state index in [4.69, 9.17) is 26.8 Å². The molecule has 9 heteroatoms. The highest BCUT2D eigenvalue weighted by atomic mass is 35.5. The first-order valence-electron chi connectivity index (χ1n) is 7.32. The van der Waals surface area contributed by atoms with Crippen LogP contribution in [0, 0.1) is 0 Å². The van der Waals surface area contributed by atoms with Crippen molar-refractivity contribution in [1.82, 2.24) is 19.7 Å². The number of hydrogen-bond donors (Lipinski definition) is 1. The predicted molar refractivity (Wildman–Crippen MR) is 92.5 cm³/mol. The second kappa shape index (κ2) is 6.21. The Kier molecular flexibility index (Phi) is 4.22. The van der Waals surface area contributed by atoms with Crippen LogP contribution in [0.15, 0.2) is 30.5 Å². The molecule has 1 aromatic carbocycles. The standard InChI is InChI=1S/C16H16ClN5O3/c1-16(14(23)25-3,9-4-6-10(24-2)7-5-9)22-13-11(8-19-22)12(17)20-15(18)21-13/h4-8H,1-3H3,(H2,18,20,21). The zero-order valence-corrected chi connectivity index (χ0v) is 14.6. The first kappa shape index (κ1) is 17.0. The van der Waals surface area contributed by atoms with E-state index in [-0.39, 0.29) is 11.1 Å². The summed E-state index contributed by atoms with van der Waals surface area (Å²) in [4.78, 5) is 20.8. The molecule has 0 amide bonds. The maximum Gasteiger partial charge on any atom is 0.338 e. The molecular weight excluding hydrogens is 346 g/mol. The number of fused-ring (bicyclic) bond motifs is 1. The lowest BCUT2D eigenvalue weighted by Crippen LogP contribution is -2.42. The van der Waals surface area contributed by atoms with E-state index in [1.807, 2.05) is 0 Å². The summed E-state index contributed by atoms with van der Waals surface area (Å²) in [7, 11) is 2.88. The molecule has 3 aromatic rings. The van der Waals surface area contributed by atoms with Crippen LogP contribution in [-0.4, -0.2) is 39.9 Å². The zero-order valence-electron chi connectivity index (χ0n) is 13.9. The van der Waals surface area contributed by atoms with E-state index >= 15 is 0 Å². The van der Waals surface area contributed by atoms with E-state index in [1.165, 1.54) is 18.0 Å². The summed E-state index contributed by atoms with van der Waals surface area (Å²) in [6, 6.07) is 7.02. The van der Waals surface area contributed by atoms with E-state index in [1.54, 1.807) is 38.3 Å². The van der Waals surface area contributed by atoms with Crippen LogP contribution in [0.4, 0.5) is 5.95 Å². The number of halogens is 1. The van der Waals surface area contributed by atoms with Gasteiger partial charge in [0.1, 0.15) is 10.9 Å². The normalized spacial score (nSPS) is 13.4. The van der Waals surface area contributed by atoms with Crippen LogP contribution in [-0.2, 0) is 15.1 Å². The number of nitrogens with zero attached hydrogens (tertiary/aromatic N) is 4. The lowest BCUT2D eigenvalue weighted by molar-refractivity contribution is -0.148. The molecule has 0 aliphatic carbocycles. The maximum atomic E-state index is 12.7. The van der Waals surface area contributed by atoms with Crippen LogP contribution >= 0.6 is 11.6 Å². The summed E-state index contributed by atoms with van der Waals surface area (Å²) in [5.41, 5.74) is 5.39. The zero-order chi connectivity index (χ0) is 18.2. The molecule has 0 aliphatic rings. The number of methoxy groups -OCH3 is 2. The second-order valence-corrected chi connectivity index (χ2v) is 5.82. The molecule has 1 atom stereocenters. The van der Waals surface area contributed by atoms with E-state index in [0.29, 0.717) is 22.3 Å². The Morgan fingerprint density at radius 2 is 1.92 bits per heavy atom. The van der Waals surface area contributed by atoms with Crippen LogP contribution in [0.3, 0.4) is 0 Å². The van der Waals surface area contributed by atoms with Gasteiger partial charge in [0.2, 0.25) is 5.95 Å². The van der Waals surface area contributed by atoms with Crippen LogP contribution in [0.1, 0.15) is 12.5 Å². The summed E-state index contributed by atoms with van der Waals surface area (Å²) >= 11 is 6.11. The summed E-state index contributed by atoms with van der Waals surface area (Å²) in [6.07, 6.45) is 1.49. The fourth-order valence-electron chi connectivity index (χ4n) is 2.66. The third-order valence-electron chi connectivity index (χ3n) is 4.06. The minimum Gasteiger partial charge on any atom is -0.497 e. The SMILES string of the molecule is COC(=O)C(C)(c1ccc(OC)cc1)n1ncc2c(Cl)nc(N)nc21. The third kappa shape index (κ3) is 2.64. The highest BCUT2D eigenvalue weighted by Gasteiger charge is 2.41. The molecule has 25 heavy (non-hydrogen) atoms. The van der Waals surface area contributed by atoms with Gasteiger partial charge in [0, 0.05) is 0 Å². The number of aromatic nitrogens is 4. The van der Waals surface area contributed by atoms with Gasteiger partial charge >= 0.3 is 5.97 Å². The second-order valence-electron chi connectivity index (χ2n) is 5.46. The third-order valence-corrected chi connectivity index (χ3v) is 4.35. The molecule has 2 heterocycles. The monoisotopic (exact) mass is 361 g/mol. The van der Waals surface area contributed by atoms with Gasteiger partial charge in [-0.05, 0) is 24.6 Å². The number of esters is 1. The summed E-state index contributed by atoms with van der Waals surface area (Å²) in [5, 5.41) is 4.95. The molecule has 2 aromatic heterocycles. The summed E-state index contributed by atoms with van der Waals surface area (Å²) in [6.45, 7) is 1.68. The summed E-state index contributed by atoms with van der Waals surface area (Å²) < 4.78 is 11.6. The van der Waals surface area contributed by atoms with Gasteiger partial charge in [-0.2, -0.15) is 10.1 Å². The molecule has 1 unspecified atom stereocenters. The van der Waals surface area contributed by atoms with Crippen LogP contribution in [0.25, 0.3) is 11.0 Å². The quantitative estimate of drug-likeness (QED) is 0.559. The molecule has 130 valence electrons. The number of carbonyl (C=O) groups excluding carboxylic acids is 1. The number of nitrogens with two attached hydrogens (primary N) is 1. The average Bonchev–Trinajstić information content (AvgIpc) is 3.05. The lowest BCUT2D eigenvalue weighted by Gasteiger charge is -2.28. The molecule has 3 rings (SSSR count). The number of benzene rings is 1. The molecule has 0 radical (unpaired) electrons. The smallest absolute Gasteiger partial charge is 0.338 e. The van der Waals surface area contributed by atoms with Crippen LogP contribution in [0.5, 0.6) is 5.75 Å². The minimum atomic E-state index is -1.28. The number of hydrogen-bond acceptors (Lipinski definition) is 7. The minimum absolute atomic E-state index is 0.0128. The highest BCUT2D eigenvalue weighted by molar-refractivity contribution is 6.34. The average molecular weight is 362 g/mol. The Morgan fingerprint density at radius 3 is 2.52 bits per heavy atom. The van der Waals surface area contributed by atoms with Gasteiger partial charge in [-0.15, -0.1) is 0 Å². The van der Waals surface area contributed by atoms with Gasteiger partial charge in [-0.3, -0.25) is 0 Å². The largest absolute Gasteiger partial charge is 0.497 e. The number of carbonyl (C=O) groups is 1. The van der Waals surface area contributed by atoms with Crippen molar-refractivity contribution < 1.29 is 14.3 Å². The molecule has 0 fully saturated rings. The first-order chi connectivity index (χ1) is 11.9. The predicted octanol–water partition coefficient (Wildman–Crippen LogP) is 2.01. The first-order valence-corrected chi connectivity index (χ1v) is 7.69. The van der Waals surface area contributed by atoms with Crippen molar-refractivity contribution in [2.75, 3.05) is 20.0 Å². The molecule has 0 aliphatic heterocycles. The van der Waals surface area contributed by atoms with Crippen molar-refractivity contribution in [2.24, 2.45) is 0 Å². The Hall–Kier alpha value is -2.87. The van der Waals surface area contributed by atoms with Crippen molar-refractivity contribution in [3.63, 3.8) is 0 Å². The van der Waals surface area contributed by atoms with Gasteiger partial charge in [-0.1, -0.05) is 23.7 Å². The van der Waals surface area contributed by atoms with Gasteiger partial charge in [0.25, 0.3) is 0 Å². The number of ether oxygens (including phenoxy) is 2. The Morgan fingerprint density at radius 1 is 1.24 bits per heavy atom. The lowest BCUT2D eigenvalue weighted by atomic mass is 9.92. The Labute approximate surface area is 148 Å². The maximum absolute atomic E-state index is 12.7. The van der Waals surface area contributed by atoms with E-state index in [2.05, 4.69) is 15.1 Å². The fraction of sp³-hybridized carbons (Fsp3) is 0.250. The Bertz CT molecular complexity index is 941. The van der Waals surface area contributed by atoms with Crippen molar-refractivity contribution in [1.29, 1.82) is 0 Å². The number of rotatable bonds is 4. The van der Waals surface area contributed by atoms with Crippen LogP contribution in [0.2, 0.25) is 5.15 Å². The van der Waals surface area contributed by atoms with E-state index in [0.717, 1.165) is 0 Å². The molecule has 0 saturated heterocycles. The number of anilines is 1. The van der Waals surface area contributed by atoms with Crippen molar-refractivity contribution in [2.45, 2.75) is 12.5 Å². The fourth-order valence-corrected chi connectivity index (χ4v) is 2.88. The van der Waals surface area contributed by atoms with Gasteiger partial charge in [0.05, 0.1) is 25.8 Å². The molecule has 0 bridgehead atoms. The highest BCUT2D eigenvalue weighted by Crippen LogP contribution is 2.32. The Balaban J connectivity index is 2.27. The van der Waals surface area contributed by atoms with Gasteiger partial charge in [-0.25, -0.2) is 14.5 Å².